The van der Waals surface area contributed by atoms with Crippen LogP contribution in [0.15, 0.2) is 48.9 Å². The Kier molecular flexibility index (Phi) is 4.20. The second kappa shape index (κ2) is 6.89. The lowest BCUT2D eigenvalue weighted by atomic mass is 9.76. The van der Waals surface area contributed by atoms with Crippen LogP contribution in [0, 0.1) is 16.7 Å². The Morgan fingerprint density at radius 3 is 2.83 bits per heavy atom. The smallest absolute Gasteiger partial charge is 0.312 e. The molecule has 146 valence electrons. The number of carbonyl (C=O) groups is 1. The number of hydrogen-bond donors (Lipinski definition) is 0. The first-order chi connectivity index (χ1) is 14.2. The van der Waals surface area contributed by atoms with Gasteiger partial charge in [0, 0.05) is 25.7 Å². The molecule has 7 heteroatoms. The number of nitrogens with zero attached hydrogens (tertiary/aromatic N) is 5. The van der Waals surface area contributed by atoms with Crippen LogP contribution in [0.2, 0.25) is 0 Å². The number of cyclic esters (lactones) is 1. The molecule has 5 rings (SSSR count). The predicted molar refractivity (Wildman–Crippen MR) is 107 cm³/mol. The molecule has 0 radical (unpaired) electrons. The summed E-state index contributed by atoms with van der Waals surface area (Å²) in [6.07, 6.45) is 5.53. The number of hydrogen-bond acceptors (Lipinski definition) is 6. The van der Waals surface area contributed by atoms with Gasteiger partial charge in [0.15, 0.2) is 0 Å². The van der Waals surface area contributed by atoms with E-state index >= 15 is 0 Å². The quantitative estimate of drug-likeness (QED) is 0.643. The highest BCUT2D eigenvalue weighted by molar-refractivity contribution is 5.80. The van der Waals surface area contributed by atoms with Crippen LogP contribution >= 0.6 is 0 Å². The molecule has 29 heavy (non-hydrogen) atoms. The largest absolute Gasteiger partial charge is 0.460 e. The number of esters is 1. The maximum Gasteiger partial charge on any atom is 0.312 e. The summed E-state index contributed by atoms with van der Waals surface area (Å²) in [5.41, 5.74) is 2.14. The molecular formula is C22H21N5O2. The molecule has 1 atom stereocenters. The topological polar surface area (TPSA) is 84.0 Å². The van der Waals surface area contributed by atoms with Gasteiger partial charge in [0.05, 0.1) is 34.9 Å². The monoisotopic (exact) mass is 387 g/mol. The number of carbonyl (C=O) groups excluding carboxylic acids is 1. The van der Waals surface area contributed by atoms with Crippen molar-refractivity contribution < 1.29 is 9.53 Å². The first-order valence-electron chi connectivity index (χ1n) is 9.90. The van der Waals surface area contributed by atoms with Crippen molar-refractivity contribution in [2.45, 2.75) is 31.9 Å². The van der Waals surface area contributed by atoms with Gasteiger partial charge in [-0.05, 0) is 37.1 Å². The lowest BCUT2D eigenvalue weighted by Crippen LogP contribution is -2.43. The second-order valence-electron chi connectivity index (χ2n) is 7.87. The van der Waals surface area contributed by atoms with Crippen LogP contribution in [0.1, 0.15) is 24.8 Å². The molecule has 4 heterocycles. The van der Waals surface area contributed by atoms with Gasteiger partial charge in [-0.15, -0.1) is 0 Å². The molecule has 2 aromatic heterocycles. The molecule has 0 saturated carbocycles. The lowest BCUT2D eigenvalue weighted by Gasteiger charge is -2.37. The van der Waals surface area contributed by atoms with Crippen molar-refractivity contribution in [3.63, 3.8) is 0 Å². The normalized spacial score (nSPS) is 20.7. The maximum absolute atomic E-state index is 12.8. The van der Waals surface area contributed by atoms with E-state index in [9.17, 15) is 10.1 Å². The Balaban J connectivity index is 1.29. The third-order valence-corrected chi connectivity index (χ3v) is 6.18. The molecule has 2 fully saturated rings. The summed E-state index contributed by atoms with van der Waals surface area (Å²) in [5, 5.41) is 9.33. The van der Waals surface area contributed by atoms with E-state index < -0.39 is 5.41 Å². The van der Waals surface area contributed by atoms with Crippen molar-refractivity contribution in [3.05, 3.63) is 54.5 Å². The van der Waals surface area contributed by atoms with Crippen LogP contribution in [-0.2, 0) is 16.1 Å². The number of nitriles is 1. The molecule has 7 nitrogen and oxygen atoms in total. The SMILES string of the molecule is N#Cc1cccnc1N1CCC2(CC1)CC(Cn1cnc3ccccc31)OC2=O. The molecule has 1 aromatic carbocycles. The van der Waals surface area contributed by atoms with E-state index in [4.69, 9.17) is 4.74 Å². The van der Waals surface area contributed by atoms with Gasteiger partial charge in [0.25, 0.3) is 0 Å². The number of piperidine rings is 1. The number of rotatable bonds is 3. The Morgan fingerprint density at radius 1 is 1.17 bits per heavy atom. The molecule has 0 N–H and O–H groups in total. The highest BCUT2D eigenvalue weighted by Gasteiger charge is 2.50. The van der Waals surface area contributed by atoms with Crippen LogP contribution < -0.4 is 4.90 Å². The van der Waals surface area contributed by atoms with E-state index in [1.165, 1.54) is 0 Å². The summed E-state index contributed by atoms with van der Waals surface area (Å²) >= 11 is 0. The number of aromatic nitrogens is 3. The van der Waals surface area contributed by atoms with Gasteiger partial charge in [0.1, 0.15) is 18.0 Å². The Bertz CT molecular complexity index is 1110. The Labute approximate surface area is 168 Å². The maximum atomic E-state index is 12.8. The van der Waals surface area contributed by atoms with Crippen LogP contribution in [-0.4, -0.2) is 39.7 Å². The third-order valence-electron chi connectivity index (χ3n) is 6.18. The first-order valence-corrected chi connectivity index (χ1v) is 9.90. The third kappa shape index (κ3) is 3.01. The standard InChI is InChI=1S/C22H21N5O2/c23-13-16-4-3-9-24-20(16)26-10-7-22(8-11-26)12-17(29-21(22)28)14-27-15-25-18-5-1-2-6-19(18)27/h1-6,9,15,17H,7-8,10-12,14H2. The number of ether oxygens (including phenoxy) is 1. The summed E-state index contributed by atoms with van der Waals surface area (Å²) in [4.78, 5) is 23.7. The average Bonchev–Trinajstić information content (AvgIpc) is 3.30. The molecule has 0 bridgehead atoms. The van der Waals surface area contributed by atoms with Gasteiger partial charge in [-0.3, -0.25) is 4.79 Å². The summed E-state index contributed by atoms with van der Waals surface area (Å²) in [7, 11) is 0. The molecule has 0 amide bonds. The van der Waals surface area contributed by atoms with Crippen LogP contribution in [0.4, 0.5) is 5.82 Å². The Morgan fingerprint density at radius 2 is 2.00 bits per heavy atom. The molecule has 2 aliphatic rings. The van der Waals surface area contributed by atoms with Crippen LogP contribution in [0.5, 0.6) is 0 Å². The highest BCUT2D eigenvalue weighted by Crippen LogP contribution is 2.44. The van der Waals surface area contributed by atoms with E-state index in [0.717, 1.165) is 17.5 Å². The van der Waals surface area contributed by atoms with Crippen LogP contribution in [0.3, 0.4) is 0 Å². The zero-order valence-corrected chi connectivity index (χ0v) is 16.0. The number of anilines is 1. The van der Waals surface area contributed by atoms with Gasteiger partial charge >= 0.3 is 5.97 Å². The molecule has 2 saturated heterocycles. The number of imidazole rings is 1. The first kappa shape index (κ1) is 17.7. The van der Waals surface area contributed by atoms with Crippen molar-refractivity contribution in [2.24, 2.45) is 5.41 Å². The molecule has 0 aliphatic carbocycles. The Hall–Kier alpha value is -3.40. The molecular weight excluding hydrogens is 366 g/mol. The fraction of sp³-hybridized carbons (Fsp3) is 0.364. The van der Waals surface area contributed by atoms with E-state index in [1.54, 1.807) is 18.3 Å². The molecule has 2 aliphatic heterocycles. The summed E-state index contributed by atoms with van der Waals surface area (Å²) < 4.78 is 7.85. The number of benzene rings is 1. The van der Waals surface area contributed by atoms with Crippen molar-refractivity contribution in [2.75, 3.05) is 18.0 Å². The van der Waals surface area contributed by atoms with Gasteiger partial charge in [-0.1, -0.05) is 12.1 Å². The van der Waals surface area contributed by atoms with Crippen molar-refractivity contribution >= 4 is 22.8 Å². The van der Waals surface area contributed by atoms with E-state index in [2.05, 4.69) is 25.5 Å². The van der Waals surface area contributed by atoms with Crippen LogP contribution in [0.25, 0.3) is 11.0 Å². The lowest BCUT2D eigenvalue weighted by molar-refractivity contribution is -0.150. The van der Waals surface area contributed by atoms with Gasteiger partial charge in [-0.25, -0.2) is 9.97 Å². The number of fused-ring (bicyclic) bond motifs is 1. The van der Waals surface area contributed by atoms with Crippen molar-refractivity contribution in [3.8, 4) is 6.07 Å². The fourth-order valence-corrected chi connectivity index (χ4v) is 4.61. The molecule has 1 spiro atoms. The summed E-state index contributed by atoms with van der Waals surface area (Å²) in [6.45, 7) is 2.01. The van der Waals surface area contributed by atoms with E-state index in [0.29, 0.717) is 43.9 Å². The van der Waals surface area contributed by atoms with E-state index in [-0.39, 0.29) is 12.1 Å². The zero-order valence-electron chi connectivity index (χ0n) is 16.0. The minimum atomic E-state index is -0.431. The highest BCUT2D eigenvalue weighted by atomic mass is 16.6. The average molecular weight is 387 g/mol. The fourth-order valence-electron chi connectivity index (χ4n) is 4.61. The van der Waals surface area contributed by atoms with E-state index in [1.807, 2.05) is 30.6 Å². The summed E-state index contributed by atoms with van der Waals surface area (Å²) in [5.74, 6) is 0.616. The second-order valence-corrected chi connectivity index (χ2v) is 7.87. The minimum absolute atomic E-state index is 0.0897. The number of para-hydroxylation sites is 2. The number of pyridine rings is 1. The molecule has 1 unspecified atom stereocenters. The van der Waals surface area contributed by atoms with Crippen molar-refractivity contribution in [1.29, 1.82) is 5.26 Å². The minimum Gasteiger partial charge on any atom is -0.460 e. The van der Waals surface area contributed by atoms with Gasteiger partial charge < -0.3 is 14.2 Å². The summed E-state index contributed by atoms with van der Waals surface area (Å²) in [6, 6.07) is 13.7. The zero-order chi connectivity index (χ0) is 19.8. The van der Waals surface area contributed by atoms with Gasteiger partial charge in [0.2, 0.25) is 0 Å². The molecule has 3 aromatic rings. The van der Waals surface area contributed by atoms with Crippen molar-refractivity contribution in [1.82, 2.24) is 14.5 Å². The van der Waals surface area contributed by atoms with Gasteiger partial charge in [-0.2, -0.15) is 5.26 Å². The predicted octanol–water partition coefficient (Wildman–Crippen LogP) is 2.91.